The zero-order valence-electron chi connectivity index (χ0n) is 22.7. The van der Waals surface area contributed by atoms with E-state index < -0.39 is 39.8 Å². The number of alkyl halides is 3. The first kappa shape index (κ1) is 29.6. The van der Waals surface area contributed by atoms with Crippen LogP contribution in [0.1, 0.15) is 30.4 Å². The highest BCUT2D eigenvalue weighted by atomic mass is 32.2. The van der Waals surface area contributed by atoms with E-state index in [1.807, 2.05) is 0 Å². The van der Waals surface area contributed by atoms with Crippen LogP contribution in [-0.2, 0) is 15.6 Å². The number of rotatable bonds is 9. The highest BCUT2D eigenvalue weighted by Gasteiger charge is 2.31. The van der Waals surface area contributed by atoms with Crippen molar-refractivity contribution >= 4 is 26.6 Å². The Hall–Kier alpha value is -3.84. The molecule has 4 aromatic rings. The number of pyridine rings is 1. The molecule has 222 valence electrons. The maximum atomic E-state index is 14.9. The average Bonchev–Trinajstić information content (AvgIpc) is 2.95. The molecule has 0 aliphatic carbocycles. The molecule has 0 unspecified atom stereocenters. The van der Waals surface area contributed by atoms with Gasteiger partial charge in [-0.2, -0.15) is 13.2 Å². The largest absolute Gasteiger partial charge is 0.437 e. The summed E-state index contributed by atoms with van der Waals surface area (Å²) in [6, 6.07) is 11.2. The van der Waals surface area contributed by atoms with E-state index >= 15 is 0 Å². The molecule has 1 saturated heterocycles. The molecule has 1 aliphatic heterocycles. The lowest BCUT2D eigenvalue weighted by Gasteiger charge is -2.23. The molecule has 0 bridgehead atoms. The maximum absolute atomic E-state index is 14.9. The smallest absolute Gasteiger partial charge is 0.390 e. The number of benzene rings is 2. The second-order valence-corrected chi connectivity index (χ2v) is 12.4. The van der Waals surface area contributed by atoms with Gasteiger partial charge in [-0.1, -0.05) is 12.1 Å². The van der Waals surface area contributed by atoms with Crippen molar-refractivity contribution in [3.05, 3.63) is 71.8 Å². The molecule has 3 heterocycles. The monoisotopic (exact) mass is 603 g/mol. The van der Waals surface area contributed by atoms with Crippen LogP contribution in [-0.4, -0.2) is 54.4 Å². The number of anilines is 1. The van der Waals surface area contributed by atoms with E-state index in [9.17, 15) is 26.0 Å². The summed E-state index contributed by atoms with van der Waals surface area (Å²) in [6.07, 6.45) is -0.922. The molecule has 2 N–H and O–H groups in total. The molecule has 1 fully saturated rings. The molecule has 8 nitrogen and oxygen atoms in total. The molecule has 2 aromatic carbocycles. The second-order valence-electron chi connectivity index (χ2n) is 10.2. The quantitative estimate of drug-likeness (QED) is 0.226. The van der Waals surface area contributed by atoms with E-state index in [0.29, 0.717) is 33.9 Å². The Bertz CT molecular complexity index is 1690. The van der Waals surface area contributed by atoms with Crippen LogP contribution in [0.4, 0.5) is 23.5 Å². The van der Waals surface area contributed by atoms with Crippen molar-refractivity contribution in [2.24, 2.45) is 0 Å². The molecule has 5 rings (SSSR count). The third-order valence-electron chi connectivity index (χ3n) is 7.00. The average molecular weight is 604 g/mol. The molecule has 0 amide bonds. The number of aryl methyl sites for hydroxylation is 1. The number of hydrogen-bond acceptors (Lipinski definition) is 8. The van der Waals surface area contributed by atoms with Gasteiger partial charge in [-0.3, -0.25) is 0 Å². The maximum Gasteiger partial charge on any atom is 0.390 e. The van der Waals surface area contributed by atoms with Crippen LogP contribution in [0.3, 0.4) is 0 Å². The van der Waals surface area contributed by atoms with Gasteiger partial charge >= 0.3 is 6.18 Å². The van der Waals surface area contributed by atoms with E-state index in [4.69, 9.17) is 4.74 Å². The Labute approximate surface area is 240 Å². The van der Waals surface area contributed by atoms with Gasteiger partial charge in [0.15, 0.2) is 9.84 Å². The number of piperidine rings is 1. The molecule has 13 heteroatoms. The SMILES string of the molecule is Cc1ccc2c(CS(=O)(=O)CCC(F)(F)F)c(F)ccc2c1Oc1ncccc1-c1ccnc(N[C@H]2CCCNC2)n1. The molecule has 0 radical (unpaired) electrons. The molecular weight excluding hydrogens is 574 g/mol. The van der Waals surface area contributed by atoms with Gasteiger partial charge in [0.1, 0.15) is 11.6 Å². The fourth-order valence-electron chi connectivity index (χ4n) is 4.87. The lowest BCUT2D eigenvalue weighted by molar-refractivity contribution is -0.129. The number of aromatic nitrogens is 3. The van der Waals surface area contributed by atoms with Crippen LogP contribution in [0.2, 0.25) is 0 Å². The lowest BCUT2D eigenvalue weighted by atomic mass is 10.0. The Morgan fingerprint density at radius 3 is 2.64 bits per heavy atom. The van der Waals surface area contributed by atoms with E-state index in [1.165, 1.54) is 12.1 Å². The van der Waals surface area contributed by atoms with Crippen LogP contribution in [0.5, 0.6) is 11.6 Å². The van der Waals surface area contributed by atoms with Gasteiger partial charge in [-0.15, -0.1) is 0 Å². The highest BCUT2D eigenvalue weighted by Crippen LogP contribution is 2.38. The van der Waals surface area contributed by atoms with E-state index in [0.717, 1.165) is 32.0 Å². The third-order valence-corrected chi connectivity index (χ3v) is 8.55. The number of halogens is 4. The molecular formula is C29H29F4N5O3S. The van der Waals surface area contributed by atoms with Gasteiger partial charge in [-0.25, -0.2) is 27.8 Å². The minimum atomic E-state index is -4.64. The summed E-state index contributed by atoms with van der Waals surface area (Å²) in [5.41, 5.74) is 1.56. The van der Waals surface area contributed by atoms with Gasteiger partial charge < -0.3 is 15.4 Å². The van der Waals surface area contributed by atoms with Crippen LogP contribution in [0.25, 0.3) is 22.0 Å². The van der Waals surface area contributed by atoms with Crippen molar-refractivity contribution in [3.8, 4) is 22.9 Å². The van der Waals surface area contributed by atoms with Gasteiger partial charge in [0.05, 0.1) is 29.2 Å². The summed E-state index contributed by atoms with van der Waals surface area (Å²) in [4.78, 5) is 13.4. The Balaban J connectivity index is 1.48. The van der Waals surface area contributed by atoms with Crippen LogP contribution in [0, 0.1) is 12.7 Å². The topological polar surface area (TPSA) is 106 Å². The summed E-state index contributed by atoms with van der Waals surface area (Å²) in [5, 5.41) is 7.30. The predicted octanol–water partition coefficient (Wildman–Crippen LogP) is 5.96. The van der Waals surface area contributed by atoms with Gasteiger partial charge in [-0.05, 0) is 67.6 Å². The highest BCUT2D eigenvalue weighted by molar-refractivity contribution is 7.90. The van der Waals surface area contributed by atoms with Crippen molar-refractivity contribution < 1.29 is 30.7 Å². The standard InChI is InChI=1S/C29H29F4N5O3S/c1-18-6-7-20-21(8-9-24(30)23(20)17-42(39,40)15-11-29(31,32)33)26(18)41-27-22(5-3-13-35-27)25-10-14-36-28(38-25)37-19-4-2-12-34-16-19/h3,5-10,13-14,19,34H,2,4,11-12,15-17H2,1H3,(H,36,37,38)/t19-/m0/s1. The second kappa shape index (κ2) is 12.2. The van der Waals surface area contributed by atoms with Gasteiger partial charge in [0.25, 0.3) is 0 Å². The zero-order valence-corrected chi connectivity index (χ0v) is 23.5. The van der Waals surface area contributed by atoms with Crippen molar-refractivity contribution in [1.29, 1.82) is 0 Å². The van der Waals surface area contributed by atoms with Gasteiger partial charge in [0, 0.05) is 35.9 Å². The normalized spacial score (nSPS) is 16.0. The first-order valence-electron chi connectivity index (χ1n) is 13.4. The fourth-order valence-corrected chi connectivity index (χ4v) is 6.29. The van der Waals surface area contributed by atoms with Crippen molar-refractivity contribution in [2.75, 3.05) is 24.2 Å². The minimum Gasteiger partial charge on any atom is -0.437 e. The van der Waals surface area contributed by atoms with Crippen LogP contribution >= 0.6 is 0 Å². The number of sulfone groups is 1. The summed E-state index contributed by atoms with van der Waals surface area (Å²) in [6.45, 7) is 3.55. The zero-order chi connectivity index (χ0) is 29.9. The van der Waals surface area contributed by atoms with Crippen molar-refractivity contribution in [3.63, 3.8) is 0 Å². The number of fused-ring (bicyclic) bond motifs is 1. The minimum absolute atomic E-state index is 0.198. The van der Waals surface area contributed by atoms with Crippen LogP contribution in [0.15, 0.2) is 54.9 Å². The molecule has 1 atom stereocenters. The lowest BCUT2D eigenvalue weighted by Crippen LogP contribution is -2.38. The molecule has 0 saturated carbocycles. The van der Waals surface area contributed by atoms with E-state index in [1.54, 1.807) is 43.6 Å². The first-order chi connectivity index (χ1) is 20.0. The summed E-state index contributed by atoms with van der Waals surface area (Å²) < 4.78 is 84.2. The Morgan fingerprint density at radius 2 is 1.88 bits per heavy atom. The molecule has 42 heavy (non-hydrogen) atoms. The number of ether oxygens (including phenoxy) is 1. The fraction of sp³-hybridized carbons (Fsp3) is 0.345. The first-order valence-corrected chi connectivity index (χ1v) is 15.2. The third kappa shape index (κ3) is 7.13. The van der Waals surface area contributed by atoms with Crippen molar-refractivity contribution in [1.82, 2.24) is 20.3 Å². The van der Waals surface area contributed by atoms with Crippen molar-refractivity contribution in [2.45, 2.75) is 44.2 Å². The molecule has 2 aromatic heterocycles. The predicted molar refractivity (Wildman–Crippen MR) is 152 cm³/mol. The Kier molecular flexibility index (Phi) is 8.60. The van der Waals surface area contributed by atoms with Crippen LogP contribution < -0.4 is 15.4 Å². The summed E-state index contributed by atoms with van der Waals surface area (Å²) in [7, 11) is -4.26. The number of nitrogens with one attached hydrogen (secondary N) is 2. The number of nitrogens with zero attached hydrogens (tertiary/aromatic N) is 3. The van der Waals surface area contributed by atoms with E-state index in [-0.39, 0.29) is 22.9 Å². The summed E-state index contributed by atoms with van der Waals surface area (Å²) >= 11 is 0. The van der Waals surface area contributed by atoms with E-state index in [2.05, 4.69) is 25.6 Å². The molecule has 0 spiro atoms. The Morgan fingerprint density at radius 1 is 1.07 bits per heavy atom. The summed E-state index contributed by atoms with van der Waals surface area (Å²) in [5.74, 6) is -1.87. The number of hydrogen-bond donors (Lipinski definition) is 2. The molecule has 1 aliphatic rings. The van der Waals surface area contributed by atoms with Gasteiger partial charge in [0.2, 0.25) is 11.8 Å².